The molecule has 4 aromatic rings. The maximum Gasteiger partial charge on any atom is 0.347 e. The number of carbonyl (C=O) groups is 2. The minimum Gasteiger partial charge on any atom is -0.497 e. The lowest BCUT2D eigenvalue weighted by Crippen LogP contribution is -2.38. The number of benzene rings is 4. The van der Waals surface area contributed by atoms with Crippen molar-refractivity contribution in [2.24, 2.45) is 0 Å². The van der Waals surface area contributed by atoms with Crippen LogP contribution in [0.15, 0.2) is 97.1 Å². The molecule has 0 atom stereocenters. The molecule has 0 amide bonds. The van der Waals surface area contributed by atoms with E-state index in [9.17, 15) is 14.7 Å². The fourth-order valence-corrected chi connectivity index (χ4v) is 3.86. The van der Waals surface area contributed by atoms with Crippen LogP contribution in [0.2, 0.25) is 0 Å². The zero-order chi connectivity index (χ0) is 28.5. The molecule has 0 saturated heterocycles. The van der Waals surface area contributed by atoms with Crippen LogP contribution in [-0.4, -0.2) is 36.2 Å². The number of ketones is 1. The fraction of sp³-hybridized carbons (Fsp3) is 0.212. The summed E-state index contributed by atoms with van der Waals surface area (Å²) in [6.07, 6.45) is 0.714. The van der Waals surface area contributed by atoms with Crippen LogP contribution in [0.1, 0.15) is 40.9 Å². The van der Waals surface area contributed by atoms with Crippen molar-refractivity contribution in [1.29, 1.82) is 0 Å². The van der Waals surface area contributed by atoms with Crippen LogP contribution in [0.5, 0.6) is 23.0 Å². The van der Waals surface area contributed by atoms with Crippen molar-refractivity contribution >= 4 is 11.8 Å². The maximum atomic E-state index is 13.3. The van der Waals surface area contributed by atoms with E-state index in [0.29, 0.717) is 36.7 Å². The highest BCUT2D eigenvalue weighted by atomic mass is 16.5. The Labute approximate surface area is 233 Å². The molecule has 40 heavy (non-hydrogen) atoms. The van der Waals surface area contributed by atoms with Gasteiger partial charge in [-0.2, -0.15) is 0 Å². The standard InChI is InChI=1S/C33H32O7/c1-33(2,32(35)36)40-30-21-28(37-3)17-18-29(30)31(34)25-11-15-26(16-12-25)38-20-19-23-9-13-27(14-10-23)39-22-24-7-5-4-6-8-24/h4-18,21H,19-20,22H2,1-3H3,(H,35,36). The minimum absolute atomic E-state index is 0.133. The van der Waals surface area contributed by atoms with Gasteiger partial charge in [-0.3, -0.25) is 4.79 Å². The Morgan fingerprint density at radius 1 is 0.750 bits per heavy atom. The number of aliphatic carboxylic acids is 1. The Balaban J connectivity index is 1.33. The van der Waals surface area contributed by atoms with Gasteiger partial charge in [0, 0.05) is 18.1 Å². The van der Waals surface area contributed by atoms with Gasteiger partial charge in [0.15, 0.2) is 11.4 Å². The molecule has 206 valence electrons. The van der Waals surface area contributed by atoms with E-state index in [4.69, 9.17) is 18.9 Å². The van der Waals surface area contributed by atoms with Gasteiger partial charge in [0.2, 0.25) is 0 Å². The molecule has 0 bridgehead atoms. The van der Waals surface area contributed by atoms with Gasteiger partial charge < -0.3 is 24.1 Å². The second-order valence-electron chi connectivity index (χ2n) is 9.65. The molecule has 0 aliphatic rings. The van der Waals surface area contributed by atoms with Crippen LogP contribution in [-0.2, 0) is 17.8 Å². The Hall–Kier alpha value is -4.78. The third-order valence-electron chi connectivity index (χ3n) is 6.26. The molecule has 0 spiro atoms. The first kappa shape index (κ1) is 28.2. The summed E-state index contributed by atoms with van der Waals surface area (Å²) in [6.45, 7) is 3.83. The Kier molecular flexibility index (Phi) is 9.07. The molecule has 7 heteroatoms. The quantitative estimate of drug-likeness (QED) is 0.197. The van der Waals surface area contributed by atoms with Crippen LogP contribution in [0, 0.1) is 0 Å². The SMILES string of the molecule is COc1ccc(C(=O)c2ccc(OCCc3ccc(OCc4ccccc4)cc3)cc2)c(OC(C)(C)C(=O)O)c1. The van der Waals surface area contributed by atoms with Gasteiger partial charge in [-0.25, -0.2) is 4.79 Å². The highest BCUT2D eigenvalue weighted by Gasteiger charge is 2.31. The van der Waals surface area contributed by atoms with Crippen LogP contribution < -0.4 is 18.9 Å². The molecule has 7 nitrogen and oxygen atoms in total. The first-order valence-electron chi connectivity index (χ1n) is 12.9. The predicted molar refractivity (Wildman–Crippen MR) is 152 cm³/mol. The van der Waals surface area contributed by atoms with E-state index >= 15 is 0 Å². The highest BCUT2D eigenvalue weighted by Crippen LogP contribution is 2.30. The monoisotopic (exact) mass is 540 g/mol. The van der Waals surface area contributed by atoms with Gasteiger partial charge in [-0.15, -0.1) is 0 Å². The Morgan fingerprint density at radius 3 is 2.02 bits per heavy atom. The largest absolute Gasteiger partial charge is 0.497 e. The first-order chi connectivity index (χ1) is 19.2. The van der Waals surface area contributed by atoms with Crippen LogP contribution >= 0.6 is 0 Å². The molecule has 0 fully saturated rings. The third-order valence-corrected chi connectivity index (χ3v) is 6.26. The van der Waals surface area contributed by atoms with E-state index < -0.39 is 11.6 Å². The zero-order valence-corrected chi connectivity index (χ0v) is 22.8. The summed E-state index contributed by atoms with van der Waals surface area (Å²) in [5, 5.41) is 9.46. The number of carboxylic acid groups (broad SMARTS) is 1. The summed E-state index contributed by atoms with van der Waals surface area (Å²) in [6, 6.07) is 29.5. The van der Waals surface area contributed by atoms with Crippen molar-refractivity contribution in [2.45, 2.75) is 32.5 Å². The minimum atomic E-state index is -1.53. The molecule has 0 radical (unpaired) electrons. The van der Waals surface area contributed by atoms with E-state index in [1.807, 2.05) is 54.6 Å². The second-order valence-corrected chi connectivity index (χ2v) is 9.65. The van der Waals surface area contributed by atoms with E-state index in [1.54, 1.807) is 36.4 Å². The Bertz CT molecular complexity index is 1430. The highest BCUT2D eigenvalue weighted by molar-refractivity contribution is 6.11. The molecule has 0 aromatic heterocycles. The zero-order valence-electron chi connectivity index (χ0n) is 22.8. The molecular weight excluding hydrogens is 508 g/mol. The van der Waals surface area contributed by atoms with E-state index in [2.05, 4.69) is 0 Å². The number of ether oxygens (including phenoxy) is 4. The van der Waals surface area contributed by atoms with Crippen LogP contribution in [0.4, 0.5) is 0 Å². The van der Waals surface area contributed by atoms with E-state index in [1.165, 1.54) is 27.0 Å². The lowest BCUT2D eigenvalue weighted by Gasteiger charge is -2.23. The summed E-state index contributed by atoms with van der Waals surface area (Å²) < 4.78 is 22.7. The van der Waals surface area contributed by atoms with Crippen LogP contribution in [0.3, 0.4) is 0 Å². The van der Waals surface area contributed by atoms with E-state index in [-0.39, 0.29) is 17.1 Å². The van der Waals surface area contributed by atoms with Crippen molar-refractivity contribution < 1.29 is 33.6 Å². The summed E-state index contributed by atoms with van der Waals surface area (Å²) in [5.41, 5.74) is 1.36. The molecule has 0 saturated carbocycles. The van der Waals surface area contributed by atoms with Crippen molar-refractivity contribution in [1.82, 2.24) is 0 Å². The summed E-state index contributed by atoms with van der Waals surface area (Å²) >= 11 is 0. The number of hydrogen-bond acceptors (Lipinski definition) is 6. The molecular formula is C33H32O7. The molecule has 0 heterocycles. The van der Waals surface area contributed by atoms with E-state index in [0.717, 1.165) is 16.9 Å². The number of hydrogen-bond donors (Lipinski definition) is 1. The van der Waals surface area contributed by atoms with Gasteiger partial charge in [0.25, 0.3) is 0 Å². The van der Waals surface area contributed by atoms with Crippen LogP contribution in [0.25, 0.3) is 0 Å². The van der Waals surface area contributed by atoms with Crippen molar-refractivity contribution in [3.8, 4) is 23.0 Å². The summed E-state index contributed by atoms with van der Waals surface area (Å²) in [7, 11) is 1.48. The molecule has 4 rings (SSSR count). The molecule has 0 aliphatic carbocycles. The Morgan fingerprint density at radius 2 is 1.38 bits per heavy atom. The van der Waals surface area contributed by atoms with Crippen molar-refractivity contribution in [2.75, 3.05) is 13.7 Å². The summed E-state index contributed by atoms with van der Waals surface area (Å²) in [5.74, 6) is 0.574. The van der Waals surface area contributed by atoms with Crippen molar-refractivity contribution in [3.05, 3.63) is 119 Å². The second kappa shape index (κ2) is 12.8. The number of rotatable bonds is 13. The smallest absolute Gasteiger partial charge is 0.347 e. The molecule has 0 aliphatic heterocycles. The van der Waals surface area contributed by atoms with Crippen molar-refractivity contribution in [3.63, 3.8) is 0 Å². The number of methoxy groups -OCH3 is 1. The lowest BCUT2D eigenvalue weighted by molar-refractivity contribution is -0.152. The van der Waals surface area contributed by atoms with Gasteiger partial charge in [0.05, 0.1) is 19.3 Å². The van der Waals surface area contributed by atoms with Gasteiger partial charge in [-0.1, -0.05) is 42.5 Å². The average Bonchev–Trinajstić information content (AvgIpc) is 2.97. The average molecular weight is 541 g/mol. The topological polar surface area (TPSA) is 91.3 Å². The molecule has 4 aromatic carbocycles. The van der Waals surface area contributed by atoms with Gasteiger partial charge in [0.1, 0.15) is 29.6 Å². The first-order valence-corrected chi connectivity index (χ1v) is 12.9. The lowest BCUT2D eigenvalue weighted by atomic mass is 10.0. The fourth-order valence-electron chi connectivity index (χ4n) is 3.86. The maximum absolute atomic E-state index is 13.3. The predicted octanol–water partition coefficient (Wildman–Crippen LogP) is 6.37. The normalized spacial score (nSPS) is 11.0. The summed E-state index contributed by atoms with van der Waals surface area (Å²) in [4.78, 5) is 24.8. The van der Waals surface area contributed by atoms with Gasteiger partial charge in [-0.05, 0) is 73.5 Å². The van der Waals surface area contributed by atoms with Gasteiger partial charge >= 0.3 is 5.97 Å². The number of carbonyl (C=O) groups excluding carboxylic acids is 1. The molecule has 0 unspecified atom stereocenters. The number of carboxylic acids is 1. The third kappa shape index (κ3) is 7.41. The molecule has 1 N–H and O–H groups in total.